The summed E-state index contributed by atoms with van der Waals surface area (Å²) in [6, 6.07) is 6.86. The third-order valence-corrected chi connectivity index (χ3v) is 7.90. The second-order valence-corrected chi connectivity index (χ2v) is 9.83. The van der Waals surface area contributed by atoms with Crippen molar-refractivity contribution in [2.45, 2.75) is 50.8 Å². The number of primary amides is 1. The maximum atomic E-state index is 14.0. The Bertz CT molecular complexity index is 831. The molecule has 30 heavy (non-hydrogen) atoms. The molecule has 4 aliphatic carbocycles. The van der Waals surface area contributed by atoms with Crippen molar-refractivity contribution >= 4 is 11.8 Å². The lowest BCUT2D eigenvalue weighted by molar-refractivity contribution is -0.151. The summed E-state index contributed by atoms with van der Waals surface area (Å²) in [5.41, 5.74) is 6.05. The highest BCUT2D eigenvalue weighted by molar-refractivity contribution is 5.83. The van der Waals surface area contributed by atoms with Gasteiger partial charge in [0.15, 0.2) is 0 Å². The second-order valence-electron chi connectivity index (χ2n) is 9.83. The van der Waals surface area contributed by atoms with E-state index in [-0.39, 0.29) is 29.1 Å². The van der Waals surface area contributed by atoms with Crippen molar-refractivity contribution in [2.75, 3.05) is 19.7 Å². The largest absolute Gasteiger partial charge is 0.369 e. The number of amides is 2. The van der Waals surface area contributed by atoms with Crippen LogP contribution in [-0.4, -0.2) is 48.6 Å². The molecular formula is C23H30FN3O3. The number of nitrogens with one attached hydrogen (secondary N) is 1. The Morgan fingerprint density at radius 1 is 1.20 bits per heavy atom. The molecule has 4 bridgehead atoms. The molecule has 7 heteroatoms. The molecule has 162 valence electrons. The molecule has 2 amide bonds. The number of nitrogens with zero attached hydrogens (tertiary/aromatic N) is 1. The van der Waals surface area contributed by atoms with Gasteiger partial charge in [-0.3, -0.25) is 14.5 Å². The molecule has 1 saturated heterocycles. The number of rotatable bonds is 5. The Morgan fingerprint density at radius 2 is 1.93 bits per heavy atom. The van der Waals surface area contributed by atoms with E-state index < -0.39 is 6.10 Å². The van der Waals surface area contributed by atoms with Crippen LogP contribution >= 0.6 is 0 Å². The lowest BCUT2D eigenvalue weighted by Gasteiger charge is -2.59. The number of hydrogen-bond donors (Lipinski definition) is 2. The molecule has 3 N–H and O–H groups in total. The number of carbonyl (C=O) groups is 2. The number of morpholine rings is 1. The van der Waals surface area contributed by atoms with Gasteiger partial charge in [-0.1, -0.05) is 18.2 Å². The van der Waals surface area contributed by atoms with Gasteiger partial charge in [0.25, 0.3) is 5.91 Å². The van der Waals surface area contributed by atoms with Crippen LogP contribution in [0.1, 0.15) is 37.7 Å². The molecule has 6 nitrogen and oxygen atoms in total. The van der Waals surface area contributed by atoms with Crippen LogP contribution in [0, 0.1) is 29.0 Å². The van der Waals surface area contributed by atoms with Gasteiger partial charge in [-0.25, -0.2) is 4.39 Å². The zero-order valence-electron chi connectivity index (χ0n) is 17.2. The number of hydrogen-bond acceptors (Lipinski definition) is 4. The molecule has 5 aliphatic rings. The highest BCUT2D eigenvalue weighted by atomic mass is 19.1. The molecule has 3 atom stereocenters. The first-order chi connectivity index (χ1) is 14.4. The van der Waals surface area contributed by atoms with Crippen molar-refractivity contribution in [3.63, 3.8) is 0 Å². The van der Waals surface area contributed by atoms with Gasteiger partial charge in [-0.15, -0.1) is 0 Å². The molecule has 0 aromatic heterocycles. The first-order valence-corrected chi connectivity index (χ1v) is 11.1. The van der Waals surface area contributed by atoms with Crippen LogP contribution in [0.25, 0.3) is 0 Å². The molecule has 6 rings (SSSR count). The van der Waals surface area contributed by atoms with Crippen LogP contribution < -0.4 is 11.1 Å². The Hall–Kier alpha value is -1.99. The minimum atomic E-state index is -0.548. The van der Waals surface area contributed by atoms with Crippen molar-refractivity contribution in [1.82, 2.24) is 10.2 Å². The van der Waals surface area contributed by atoms with Crippen LogP contribution in [0.15, 0.2) is 24.3 Å². The lowest BCUT2D eigenvalue weighted by Crippen LogP contribution is -2.63. The minimum absolute atomic E-state index is 0.0844. The number of benzene rings is 1. The molecule has 1 aliphatic heterocycles. The monoisotopic (exact) mass is 415 g/mol. The summed E-state index contributed by atoms with van der Waals surface area (Å²) < 4.78 is 19.8. The van der Waals surface area contributed by atoms with Crippen LogP contribution in [0.4, 0.5) is 4.39 Å². The smallest absolute Gasteiger partial charge is 0.250 e. The second kappa shape index (κ2) is 7.61. The predicted octanol–water partition coefficient (Wildman–Crippen LogP) is 1.82. The predicted molar refractivity (Wildman–Crippen MR) is 109 cm³/mol. The van der Waals surface area contributed by atoms with E-state index in [4.69, 9.17) is 10.5 Å². The number of ether oxygens (including phenoxy) is 1. The van der Waals surface area contributed by atoms with Crippen molar-refractivity contribution in [1.29, 1.82) is 0 Å². The molecule has 0 spiro atoms. The maximum Gasteiger partial charge on any atom is 0.250 e. The maximum absolute atomic E-state index is 14.0. The summed E-state index contributed by atoms with van der Waals surface area (Å²) in [6.07, 6.45) is 4.11. The number of carbonyl (C=O) groups excluding carboxylic acids is 2. The Labute approximate surface area is 176 Å². The molecule has 4 saturated carbocycles. The summed E-state index contributed by atoms with van der Waals surface area (Å²) in [5, 5.41) is 3.27. The number of halogens is 1. The number of nitrogens with two attached hydrogens (primary N) is 1. The van der Waals surface area contributed by atoms with E-state index in [1.807, 2.05) is 6.07 Å². The normalized spacial score (nSPS) is 37.8. The Balaban J connectivity index is 1.22. The first-order valence-electron chi connectivity index (χ1n) is 11.1. The fourth-order valence-corrected chi connectivity index (χ4v) is 6.69. The third kappa shape index (κ3) is 3.52. The van der Waals surface area contributed by atoms with E-state index in [1.54, 1.807) is 12.1 Å². The van der Waals surface area contributed by atoms with Crippen LogP contribution in [0.2, 0.25) is 0 Å². The molecule has 5 fully saturated rings. The molecular weight excluding hydrogens is 385 g/mol. The van der Waals surface area contributed by atoms with Gasteiger partial charge in [0.1, 0.15) is 11.9 Å². The van der Waals surface area contributed by atoms with Gasteiger partial charge >= 0.3 is 0 Å². The highest BCUT2D eigenvalue weighted by Crippen LogP contribution is 2.59. The highest BCUT2D eigenvalue weighted by Gasteiger charge is 2.58. The van der Waals surface area contributed by atoms with E-state index in [9.17, 15) is 14.0 Å². The quantitative estimate of drug-likeness (QED) is 0.768. The molecule has 1 heterocycles. The van der Waals surface area contributed by atoms with Crippen molar-refractivity contribution in [2.24, 2.45) is 28.9 Å². The fourth-order valence-electron chi connectivity index (χ4n) is 6.69. The third-order valence-electron chi connectivity index (χ3n) is 7.90. The lowest BCUT2D eigenvalue weighted by atomic mass is 9.47. The zero-order valence-corrected chi connectivity index (χ0v) is 17.2. The summed E-state index contributed by atoms with van der Waals surface area (Å²) in [5.74, 6) is 0.744. The van der Waals surface area contributed by atoms with Crippen molar-refractivity contribution < 1.29 is 18.7 Å². The SMILES string of the molecule is NC(=O)C12CC3CC(C1)C(NC(=O)C1CN(Cc4ccccc4F)CCO1)C(C3)C2. The van der Waals surface area contributed by atoms with E-state index in [2.05, 4.69) is 10.2 Å². The molecule has 1 aromatic carbocycles. The summed E-state index contributed by atoms with van der Waals surface area (Å²) >= 11 is 0. The summed E-state index contributed by atoms with van der Waals surface area (Å²) in [6.45, 7) is 2.06. The average Bonchev–Trinajstić information content (AvgIpc) is 2.72. The Morgan fingerprint density at radius 3 is 2.63 bits per heavy atom. The van der Waals surface area contributed by atoms with Gasteiger partial charge in [-0.05, 0) is 55.9 Å². The van der Waals surface area contributed by atoms with E-state index >= 15 is 0 Å². The van der Waals surface area contributed by atoms with Gasteiger partial charge in [-0.2, -0.15) is 0 Å². The standard InChI is InChI=1S/C23H30FN3O3/c24-18-4-2-1-3-15(18)12-27-5-6-30-19(13-27)21(28)26-20-16-7-14-8-17(20)11-23(9-14,10-16)22(25)29/h1-4,14,16-17,19-20H,5-13H2,(H2,25,29)(H,26,28). The minimum Gasteiger partial charge on any atom is -0.369 e. The van der Waals surface area contributed by atoms with Crippen molar-refractivity contribution in [3.05, 3.63) is 35.6 Å². The Kier molecular flexibility index (Phi) is 5.06. The van der Waals surface area contributed by atoms with E-state index in [1.165, 1.54) is 6.07 Å². The average molecular weight is 416 g/mol. The first kappa shape index (κ1) is 19.9. The summed E-state index contributed by atoms with van der Waals surface area (Å²) in [4.78, 5) is 27.2. The van der Waals surface area contributed by atoms with Gasteiger partial charge in [0.2, 0.25) is 5.91 Å². The zero-order chi connectivity index (χ0) is 20.9. The van der Waals surface area contributed by atoms with Gasteiger partial charge < -0.3 is 15.8 Å². The molecule has 1 aromatic rings. The van der Waals surface area contributed by atoms with Crippen molar-refractivity contribution in [3.8, 4) is 0 Å². The summed E-state index contributed by atoms with van der Waals surface area (Å²) in [7, 11) is 0. The van der Waals surface area contributed by atoms with Crippen LogP contribution in [0.3, 0.4) is 0 Å². The molecule has 3 unspecified atom stereocenters. The van der Waals surface area contributed by atoms with Gasteiger partial charge in [0.05, 0.1) is 6.61 Å². The topological polar surface area (TPSA) is 84.7 Å². The fraction of sp³-hybridized carbons (Fsp3) is 0.652. The van der Waals surface area contributed by atoms with Crippen LogP contribution in [-0.2, 0) is 20.9 Å². The van der Waals surface area contributed by atoms with E-state index in [0.29, 0.717) is 49.6 Å². The van der Waals surface area contributed by atoms with Gasteiger partial charge in [0, 0.05) is 36.7 Å². The van der Waals surface area contributed by atoms with E-state index in [0.717, 1.165) is 32.1 Å². The van der Waals surface area contributed by atoms with Crippen LogP contribution in [0.5, 0.6) is 0 Å². The molecule has 0 radical (unpaired) electrons.